The molecule has 0 spiro atoms. The van der Waals surface area contributed by atoms with Gasteiger partial charge in [-0.15, -0.1) is 0 Å². The molecule has 1 unspecified atom stereocenters. The minimum atomic E-state index is 0.549. The predicted molar refractivity (Wildman–Crippen MR) is 107 cm³/mol. The Labute approximate surface area is 158 Å². The molecular weight excluding hydrogens is 328 g/mol. The molecule has 2 N–H and O–H groups in total. The van der Waals surface area contributed by atoms with Crippen molar-refractivity contribution in [1.29, 1.82) is 0 Å². The van der Waals surface area contributed by atoms with Gasteiger partial charge in [-0.05, 0) is 25.8 Å². The van der Waals surface area contributed by atoms with E-state index in [9.17, 15) is 0 Å². The summed E-state index contributed by atoms with van der Waals surface area (Å²) in [6.45, 7) is 14.2. The lowest BCUT2D eigenvalue weighted by Crippen LogP contribution is -2.44. The highest BCUT2D eigenvalue weighted by atomic mass is 16.5. The Morgan fingerprint density at radius 1 is 1.23 bits per heavy atom. The summed E-state index contributed by atoms with van der Waals surface area (Å²) in [5.74, 6) is 2.32. The topological polar surface area (TPSA) is 58.1 Å². The number of aliphatic imine (C=N–C) groups is 1. The molecule has 1 fully saturated rings. The normalized spacial score (nSPS) is 17.0. The summed E-state index contributed by atoms with van der Waals surface area (Å²) in [6.07, 6.45) is 0. The number of rotatable bonds is 9. The molecule has 0 amide bonds. The van der Waals surface area contributed by atoms with Gasteiger partial charge in [0.2, 0.25) is 0 Å². The number of nitrogens with one attached hydrogen (secondary N) is 2. The van der Waals surface area contributed by atoms with Crippen molar-refractivity contribution in [3.8, 4) is 5.75 Å². The number of para-hydroxylation sites is 1. The molecule has 0 aliphatic carbocycles. The van der Waals surface area contributed by atoms with E-state index in [1.165, 1.54) is 0 Å². The van der Waals surface area contributed by atoms with Crippen LogP contribution in [0.1, 0.15) is 26.3 Å². The molecule has 1 saturated heterocycles. The fourth-order valence-electron chi connectivity index (χ4n) is 3.00. The van der Waals surface area contributed by atoms with Crippen molar-refractivity contribution in [1.82, 2.24) is 15.5 Å². The van der Waals surface area contributed by atoms with Crippen LogP contribution in [0.2, 0.25) is 0 Å². The maximum Gasteiger partial charge on any atom is 0.191 e. The largest absolute Gasteiger partial charge is 0.494 e. The summed E-state index contributed by atoms with van der Waals surface area (Å²) in [7, 11) is 0. The summed E-state index contributed by atoms with van der Waals surface area (Å²) in [5.41, 5.74) is 1.10. The summed E-state index contributed by atoms with van der Waals surface area (Å²) >= 11 is 0. The van der Waals surface area contributed by atoms with Crippen LogP contribution in [0.3, 0.4) is 0 Å². The molecule has 1 aromatic rings. The maximum atomic E-state index is 5.69. The Morgan fingerprint density at radius 3 is 2.73 bits per heavy atom. The second kappa shape index (κ2) is 11.8. The van der Waals surface area contributed by atoms with E-state index < -0.39 is 0 Å². The zero-order valence-electron chi connectivity index (χ0n) is 16.5. The zero-order chi connectivity index (χ0) is 18.6. The number of hydrogen-bond donors (Lipinski definition) is 2. The Hall–Kier alpha value is -1.79. The minimum Gasteiger partial charge on any atom is -0.494 e. The Balaban J connectivity index is 1.85. The average Bonchev–Trinajstić information content (AvgIpc) is 2.66. The summed E-state index contributed by atoms with van der Waals surface area (Å²) in [6, 6.07) is 8.09. The van der Waals surface area contributed by atoms with Gasteiger partial charge in [-0.3, -0.25) is 4.90 Å². The number of ether oxygens (including phenoxy) is 2. The van der Waals surface area contributed by atoms with Gasteiger partial charge in [0.15, 0.2) is 5.96 Å². The molecule has 0 bridgehead atoms. The molecule has 146 valence electrons. The molecule has 1 aliphatic rings. The van der Waals surface area contributed by atoms with E-state index in [1.807, 2.05) is 25.1 Å². The zero-order valence-corrected chi connectivity index (χ0v) is 16.5. The average molecular weight is 363 g/mol. The molecule has 6 heteroatoms. The quantitative estimate of drug-likeness (QED) is 0.520. The number of hydrogen-bond acceptors (Lipinski definition) is 4. The first-order chi connectivity index (χ1) is 12.7. The van der Waals surface area contributed by atoms with Crippen LogP contribution in [0.4, 0.5) is 0 Å². The molecule has 1 heterocycles. The molecule has 0 aromatic heterocycles. The highest BCUT2D eigenvalue weighted by Gasteiger charge is 2.14. The highest BCUT2D eigenvalue weighted by Crippen LogP contribution is 2.18. The Bertz CT molecular complexity index is 544. The molecule has 2 rings (SSSR count). The van der Waals surface area contributed by atoms with E-state index in [2.05, 4.69) is 35.4 Å². The third-order valence-corrected chi connectivity index (χ3v) is 4.32. The number of morpholine rings is 1. The molecule has 1 aliphatic heterocycles. The van der Waals surface area contributed by atoms with Crippen LogP contribution in [-0.2, 0) is 11.3 Å². The molecule has 6 nitrogen and oxygen atoms in total. The molecule has 0 radical (unpaired) electrons. The van der Waals surface area contributed by atoms with Crippen molar-refractivity contribution in [2.75, 3.05) is 52.5 Å². The molecular formula is C20H34N4O2. The third kappa shape index (κ3) is 7.22. The summed E-state index contributed by atoms with van der Waals surface area (Å²) in [5, 5.41) is 6.80. The van der Waals surface area contributed by atoms with E-state index in [0.717, 1.165) is 63.2 Å². The number of guanidine groups is 1. The first-order valence-electron chi connectivity index (χ1n) is 9.75. The minimum absolute atomic E-state index is 0.549. The van der Waals surface area contributed by atoms with Crippen molar-refractivity contribution in [3.63, 3.8) is 0 Å². The first-order valence-corrected chi connectivity index (χ1v) is 9.75. The van der Waals surface area contributed by atoms with Gasteiger partial charge < -0.3 is 20.1 Å². The number of benzene rings is 1. The van der Waals surface area contributed by atoms with Gasteiger partial charge in [-0.1, -0.05) is 25.1 Å². The fourth-order valence-corrected chi connectivity index (χ4v) is 3.00. The van der Waals surface area contributed by atoms with Gasteiger partial charge in [0.05, 0.1) is 26.4 Å². The van der Waals surface area contributed by atoms with Gasteiger partial charge in [-0.25, -0.2) is 4.99 Å². The van der Waals surface area contributed by atoms with E-state index >= 15 is 0 Å². The van der Waals surface area contributed by atoms with Gasteiger partial charge in [0.25, 0.3) is 0 Å². The van der Waals surface area contributed by atoms with E-state index in [0.29, 0.717) is 19.1 Å². The van der Waals surface area contributed by atoms with Gasteiger partial charge in [-0.2, -0.15) is 0 Å². The van der Waals surface area contributed by atoms with Gasteiger partial charge in [0.1, 0.15) is 5.75 Å². The van der Waals surface area contributed by atoms with Crippen LogP contribution in [0.25, 0.3) is 0 Å². The monoisotopic (exact) mass is 362 g/mol. The van der Waals surface area contributed by atoms with Crippen molar-refractivity contribution < 1.29 is 9.47 Å². The van der Waals surface area contributed by atoms with Crippen LogP contribution in [0.15, 0.2) is 29.3 Å². The van der Waals surface area contributed by atoms with Crippen molar-refractivity contribution >= 4 is 5.96 Å². The highest BCUT2D eigenvalue weighted by molar-refractivity contribution is 5.79. The van der Waals surface area contributed by atoms with Crippen LogP contribution in [0, 0.1) is 5.92 Å². The maximum absolute atomic E-state index is 5.69. The van der Waals surface area contributed by atoms with Crippen LogP contribution < -0.4 is 15.4 Å². The molecule has 26 heavy (non-hydrogen) atoms. The van der Waals surface area contributed by atoms with E-state index in [4.69, 9.17) is 14.5 Å². The lowest BCUT2D eigenvalue weighted by atomic mass is 10.1. The van der Waals surface area contributed by atoms with Crippen molar-refractivity contribution in [2.24, 2.45) is 10.9 Å². The summed E-state index contributed by atoms with van der Waals surface area (Å²) in [4.78, 5) is 7.20. The van der Waals surface area contributed by atoms with Crippen LogP contribution >= 0.6 is 0 Å². The van der Waals surface area contributed by atoms with Gasteiger partial charge >= 0.3 is 0 Å². The van der Waals surface area contributed by atoms with Crippen molar-refractivity contribution in [2.45, 2.75) is 27.3 Å². The van der Waals surface area contributed by atoms with Crippen molar-refractivity contribution in [3.05, 3.63) is 29.8 Å². The van der Waals surface area contributed by atoms with Crippen LogP contribution in [0.5, 0.6) is 5.75 Å². The lowest BCUT2D eigenvalue weighted by molar-refractivity contribution is 0.0320. The summed E-state index contributed by atoms with van der Waals surface area (Å²) < 4.78 is 11.1. The molecule has 1 atom stereocenters. The molecule has 1 aromatic carbocycles. The Morgan fingerprint density at radius 2 is 2.00 bits per heavy atom. The second-order valence-electron chi connectivity index (χ2n) is 6.63. The fraction of sp³-hybridized carbons (Fsp3) is 0.650. The predicted octanol–water partition coefficient (Wildman–Crippen LogP) is 2.11. The smallest absolute Gasteiger partial charge is 0.191 e. The van der Waals surface area contributed by atoms with Crippen LogP contribution in [-0.4, -0.2) is 63.4 Å². The second-order valence-corrected chi connectivity index (χ2v) is 6.63. The van der Waals surface area contributed by atoms with Gasteiger partial charge in [0, 0.05) is 38.3 Å². The first kappa shape index (κ1) is 20.5. The third-order valence-electron chi connectivity index (χ3n) is 4.32. The van der Waals surface area contributed by atoms with E-state index in [-0.39, 0.29) is 0 Å². The standard InChI is InChI=1S/C20H34N4O2/c1-4-21-20(22-14-17(3)16-24-10-12-25-13-11-24)23-15-18-8-6-7-9-19(18)26-5-2/h6-9,17H,4-5,10-16H2,1-3H3,(H2,21,22,23). The SMILES string of the molecule is CCNC(=NCc1ccccc1OCC)NCC(C)CN1CCOCC1. The lowest BCUT2D eigenvalue weighted by Gasteiger charge is -2.29. The number of nitrogens with zero attached hydrogens (tertiary/aromatic N) is 2. The molecule has 0 saturated carbocycles. The van der Waals surface area contributed by atoms with E-state index in [1.54, 1.807) is 0 Å². The Kier molecular flexibility index (Phi) is 9.28.